The van der Waals surface area contributed by atoms with Crippen LogP contribution in [0.2, 0.25) is 0 Å². The van der Waals surface area contributed by atoms with Gasteiger partial charge < -0.3 is 5.11 Å². The number of aryl methyl sites for hydroxylation is 1. The molecule has 0 aliphatic heterocycles. The van der Waals surface area contributed by atoms with Crippen molar-refractivity contribution in [2.75, 3.05) is 0 Å². The Hall–Kier alpha value is -2.24. The van der Waals surface area contributed by atoms with Crippen molar-refractivity contribution in [2.45, 2.75) is 13.3 Å². The first kappa shape index (κ1) is 12.2. The Labute approximate surface area is 101 Å². The summed E-state index contributed by atoms with van der Waals surface area (Å²) in [5, 5.41) is 15.4. The Morgan fingerprint density at radius 1 is 1.39 bits per heavy atom. The number of nitrogens with zero attached hydrogens (tertiary/aromatic N) is 1. The number of hydrogen-bond donors (Lipinski definition) is 2. The molecule has 0 atom stereocenters. The van der Waals surface area contributed by atoms with E-state index in [0.717, 1.165) is 12.1 Å². The van der Waals surface area contributed by atoms with Crippen LogP contribution in [0.5, 0.6) is 0 Å². The van der Waals surface area contributed by atoms with Gasteiger partial charge in [-0.1, -0.05) is 0 Å². The number of carboxylic acids is 1. The summed E-state index contributed by atoms with van der Waals surface area (Å²) >= 11 is 0. The highest BCUT2D eigenvalue weighted by Gasteiger charge is 2.16. The van der Waals surface area contributed by atoms with Gasteiger partial charge in [0, 0.05) is 16.8 Å². The molecule has 0 saturated heterocycles. The van der Waals surface area contributed by atoms with Crippen molar-refractivity contribution in [3.05, 3.63) is 41.1 Å². The standard InChI is InChI=1S/C12H10F2N2O2/c1-6-8(5-11(17)18)12(16-15-6)7-2-3-9(13)10(14)4-7/h2-4H,5H2,1H3,(H,15,16)(H,17,18). The third kappa shape index (κ3) is 2.22. The van der Waals surface area contributed by atoms with Crippen LogP contribution < -0.4 is 0 Å². The van der Waals surface area contributed by atoms with Gasteiger partial charge in [0.05, 0.1) is 12.1 Å². The maximum absolute atomic E-state index is 13.1. The highest BCUT2D eigenvalue weighted by Crippen LogP contribution is 2.25. The summed E-state index contributed by atoms with van der Waals surface area (Å²) < 4.78 is 26.0. The van der Waals surface area contributed by atoms with E-state index in [1.54, 1.807) is 6.92 Å². The summed E-state index contributed by atoms with van der Waals surface area (Å²) in [6, 6.07) is 3.34. The van der Waals surface area contributed by atoms with Gasteiger partial charge in [-0.15, -0.1) is 0 Å². The van der Waals surface area contributed by atoms with Crippen LogP contribution in [0.15, 0.2) is 18.2 Å². The number of H-pyrrole nitrogens is 1. The zero-order valence-corrected chi connectivity index (χ0v) is 9.50. The van der Waals surface area contributed by atoms with Crippen LogP contribution >= 0.6 is 0 Å². The second-order valence-electron chi connectivity index (χ2n) is 3.88. The van der Waals surface area contributed by atoms with E-state index in [2.05, 4.69) is 10.2 Å². The smallest absolute Gasteiger partial charge is 0.307 e. The lowest BCUT2D eigenvalue weighted by Crippen LogP contribution is -2.02. The number of carbonyl (C=O) groups is 1. The second kappa shape index (κ2) is 4.56. The number of rotatable bonds is 3. The molecule has 1 aromatic heterocycles. The SMILES string of the molecule is Cc1[nH]nc(-c2ccc(F)c(F)c2)c1CC(=O)O. The highest BCUT2D eigenvalue weighted by atomic mass is 19.2. The van der Waals surface area contributed by atoms with Gasteiger partial charge >= 0.3 is 5.97 Å². The Bertz CT molecular complexity index is 608. The Balaban J connectivity index is 2.50. The van der Waals surface area contributed by atoms with Crippen molar-refractivity contribution in [2.24, 2.45) is 0 Å². The van der Waals surface area contributed by atoms with E-state index in [-0.39, 0.29) is 6.42 Å². The lowest BCUT2D eigenvalue weighted by Gasteiger charge is -2.02. The van der Waals surface area contributed by atoms with Crippen LogP contribution in [0.3, 0.4) is 0 Å². The molecule has 0 saturated carbocycles. The first-order valence-electron chi connectivity index (χ1n) is 5.20. The largest absolute Gasteiger partial charge is 0.481 e. The molecule has 0 bridgehead atoms. The molecule has 2 N–H and O–H groups in total. The molecule has 94 valence electrons. The molecule has 1 aromatic carbocycles. The summed E-state index contributed by atoms with van der Waals surface area (Å²) in [7, 11) is 0. The Kier molecular flexibility index (Phi) is 3.10. The second-order valence-corrected chi connectivity index (χ2v) is 3.88. The minimum absolute atomic E-state index is 0.226. The maximum atomic E-state index is 13.1. The average Bonchev–Trinajstić information content (AvgIpc) is 2.64. The van der Waals surface area contributed by atoms with Gasteiger partial charge in [0.1, 0.15) is 0 Å². The molecule has 0 unspecified atom stereocenters. The molecule has 0 aliphatic rings. The number of aromatic amines is 1. The van der Waals surface area contributed by atoms with E-state index in [9.17, 15) is 13.6 Å². The van der Waals surface area contributed by atoms with Crippen LogP contribution in [-0.2, 0) is 11.2 Å². The lowest BCUT2D eigenvalue weighted by atomic mass is 10.0. The number of aliphatic carboxylic acids is 1. The van der Waals surface area contributed by atoms with Crippen LogP contribution in [0.4, 0.5) is 8.78 Å². The van der Waals surface area contributed by atoms with E-state index in [1.165, 1.54) is 6.07 Å². The highest BCUT2D eigenvalue weighted by molar-refractivity contribution is 5.75. The van der Waals surface area contributed by atoms with Gasteiger partial charge in [0.25, 0.3) is 0 Å². The van der Waals surface area contributed by atoms with Crippen LogP contribution in [0.1, 0.15) is 11.3 Å². The maximum Gasteiger partial charge on any atom is 0.307 e. The van der Waals surface area contributed by atoms with Gasteiger partial charge in [0.15, 0.2) is 11.6 Å². The van der Waals surface area contributed by atoms with Crippen molar-refractivity contribution in [3.8, 4) is 11.3 Å². The van der Waals surface area contributed by atoms with Gasteiger partial charge in [-0.3, -0.25) is 9.89 Å². The predicted octanol–water partition coefficient (Wildman–Crippen LogP) is 2.29. The summed E-state index contributed by atoms with van der Waals surface area (Å²) in [4.78, 5) is 10.7. The Morgan fingerprint density at radius 2 is 2.11 bits per heavy atom. The van der Waals surface area contributed by atoms with Crippen LogP contribution in [-0.4, -0.2) is 21.3 Å². The molecule has 2 aromatic rings. The fourth-order valence-electron chi connectivity index (χ4n) is 1.70. The molecular weight excluding hydrogens is 242 g/mol. The predicted molar refractivity (Wildman–Crippen MR) is 60.0 cm³/mol. The van der Waals surface area contributed by atoms with E-state index >= 15 is 0 Å². The van der Waals surface area contributed by atoms with Crippen molar-refractivity contribution in [1.82, 2.24) is 10.2 Å². The first-order valence-corrected chi connectivity index (χ1v) is 5.20. The zero-order valence-electron chi connectivity index (χ0n) is 9.50. The molecule has 0 fully saturated rings. The third-order valence-electron chi connectivity index (χ3n) is 2.59. The molecule has 0 amide bonds. The van der Waals surface area contributed by atoms with E-state index in [0.29, 0.717) is 22.5 Å². The lowest BCUT2D eigenvalue weighted by molar-refractivity contribution is -0.136. The van der Waals surface area contributed by atoms with E-state index in [1.807, 2.05) is 0 Å². The summed E-state index contributed by atoms with van der Waals surface area (Å²) in [6.45, 7) is 1.68. The molecule has 2 rings (SSSR count). The topological polar surface area (TPSA) is 66.0 Å². The minimum Gasteiger partial charge on any atom is -0.481 e. The van der Waals surface area contributed by atoms with Crippen molar-refractivity contribution >= 4 is 5.97 Å². The van der Waals surface area contributed by atoms with Gasteiger partial charge in [0.2, 0.25) is 0 Å². The number of aromatic nitrogens is 2. The number of nitrogens with one attached hydrogen (secondary N) is 1. The molecule has 0 radical (unpaired) electrons. The summed E-state index contributed by atoms with van der Waals surface area (Å²) in [5.41, 5.74) is 1.73. The molecule has 0 spiro atoms. The number of halogens is 2. The quantitative estimate of drug-likeness (QED) is 0.880. The minimum atomic E-state index is -1.01. The molecule has 1 heterocycles. The van der Waals surface area contributed by atoms with Gasteiger partial charge in [-0.2, -0.15) is 5.10 Å². The zero-order chi connectivity index (χ0) is 13.3. The molecule has 6 heteroatoms. The molecule has 0 aliphatic carbocycles. The van der Waals surface area contributed by atoms with Gasteiger partial charge in [-0.05, 0) is 25.1 Å². The number of hydrogen-bond acceptors (Lipinski definition) is 2. The summed E-state index contributed by atoms with van der Waals surface area (Å²) in [5.74, 6) is -2.96. The van der Waals surface area contributed by atoms with E-state index < -0.39 is 17.6 Å². The number of benzene rings is 1. The third-order valence-corrected chi connectivity index (χ3v) is 2.59. The van der Waals surface area contributed by atoms with Crippen LogP contribution in [0, 0.1) is 18.6 Å². The fourth-order valence-corrected chi connectivity index (χ4v) is 1.70. The van der Waals surface area contributed by atoms with Crippen molar-refractivity contribution < 1.29 is 18.7 Å². The fraction of sp³-hybridized carbons (Fsp3) is 0.167. The van der Waals surface area contributed by atoms with Gasteiger partial charge in [-0.25, -0.2) is 8.78 Å². The van der Waals surface area contributed by atoms with Crippen molar-refractivity contribution in [3.63, 3.8) is 0 Å². The molecule has 4 nitrogen and oxygen atoms in total. The average molecular weight is 252 g/mol. The van der Waals surface area contributed by atoms with Crippen molar-refractivity contribution in [1.29, 1.82) is 0 Å². The van der Waals surface area contributed by atoms with E-state index in [4.69, 9.17) is 5.11 Å². The monoisotopic (exact) mass is 252 g/mol. The molecule has 18 heavy (non-hydrogen) atoms. The Morgan fingerprint density at radius 3 is 2.72 bits per heavy atom. The number of carboxylic acid groups (broad SMARTS) is 1. The van der Waals surface area contributed by atoms with Crippen LogP contribution in [0.25, 0.3) is 11.3 Å². The first-order chi connectivity index (χ1) is 8.49. The molecular formula is C12H10F2N2O2. The normalized spacial score (nSPS) is 10.6. The summed E-state index contributed by atoms with van der Waals surface area (Å²) in [6.07, 6.45) is -0.226.